The molecule has 1 saturated heterocycles. The van der Waals surface area contributed by atoms with E-state index in [1.807, 2.05) is 18.2 Å². The lowest BCUT2D eigenvalue weighted by molar-refractivity contribution is 0.132. The zero-order valence-corrected chi connectivity index (χ0v) is 14.1. The number of fused-ring (bicyclic) bond motifs is 1. The number of hydrogen-bond acceptors (Lipinski definition) is 4. The third kappa shape index (κ3) is 3.12. The molecule has 0 radical (unpaired) electrons. The lowest BCUT2D eigenvalue weighted by atomic mass is 10.0. The van der Waals surface area contributed by atoms with Crippen LogP contribution in [0.4, 0.5) is 20.6 Å². The van der Waals surface area contributed by atoms with E-state index in [1.54, 1.807) is 12.1 Å². The van der Waals surface area contributed by atoms with Crippen LogP contribution in [0.3, 0.4) is 0 Å². The number of ether oxygens (including phenoxy) is 2. The molecule has 0 unspecified atom stereocenters. The highest BCUT2D eigenvalue weighted by atomic mass is 19.1. The molecule has 2 aromatic rings. The van der Waals surface area contributed by atoms with Gasteiger partial charge in [0.25, 0.3) is 0 Å². The second-order valence-corrected chi connectivity index (χ2v) is 6.38. The Morgan fingerprint density at radius 1 is 1.04 bits per heavy atom. The van der Waals surface area contributed by atoms with Gasteiger partial charge in [0.05, 0.1) is 0 Å². The first kappa shape index (κ1) is 16.5. The second kappa shape index (κ2) is 6.74. The number of piperidine rings is 1. The first-order valence-corrected chi connectivity index (χ1v) is 8.54. The van der Waals surface area contributed by atoms with E-state index in [0.717, 1.165) is 11.4 Å². The minimum atomic E-state index is -0.889. The molecule has 6 nitrogen and oxygen atoms in total. The summed E-state index contributed by atoms with van der Waals surface area (Å²) in [4.78, 5) is 14.7. The fourth-order valence-corrected chi connectivity index (χ4v) is 3.52. The average molecular weight is 358 g/mol. The van der Waals surface area contributed by atoms with E-state index in [9.17, 15) is 14.3 Å². The van der Waals surface area contributed by atoms with Gasteiger partial charge in [-0.1, -0.05) is 0 Å². The van der Waals surface area contributed by atoms with E-state index in [1.165, 1.54) is 17.0 Å². The zero-order chi connectivity index (χ0) is 18.1. The molecule has 0 aromatic heterocycles. The third-order valence-corrected chi connectivity index (χ3v) is 4.84. The molecule has 2 heterocycles. The molecule has 1 N–H and O–H groups in total. The summed E-state index contributed by atoms with van der Waals surface area (Å²) < 4.78 is 24.3. The Morgan fingerprint density at radius 3 is 2.38 bits per heavy atom. The largest absolute Gasteiger partial charge is 0.465 e. The maximum Gasteiger partial charge on any atom is 0.407 e. The highest BCUT2D eigenvalue weighted by molar-refractivity contribution is 5.68. The molecule has 0 bridgehead atoms. The van der Waals surface area contributed by atoms with Gasteiger partial charge < -0.3 is 24.4 Å². The van der Waals surface area contributed by atoms with Gasteiger partial charge in [-0.05, 0) is 49.2 Å². The number of nitrogens with zero attached hydrogens (tertiary/aromatic N) is 2. The first-order chi connectivity index (χ1) is 12.6. The first-order valence-electron chi connectivity index (χ1n) is 8.54. The third-order valence-electron chi connectivity index (χ3n) is 4.84. The number of halogens is 1. The standard InChI is InChI=1S/C19H19FN2O4/c20-13-1-3-14(4-2-13)22(15-7-9-21(10-8-15)19(23)24)16-5-6-17-18(11-16)26-12-25-17/h1-6,11,15H,7-10,12H2,(H,23,24). The SMILES string of the molecule is O=C(O)N1CCC(N(c2ccc(F)cc2)c2ccc3c(c2)OCO3)CC1. The molecule has 1 amide bonds. The van der Waals surface area contributed by atoms with E-state index in [-0.39, 0.29) is 18.7 Å². The molecule has 2 aliphatic heterocycles. The summed E-state index contributed by atoms with van der Waals surface area (Å²) in [6, 6.07) is 12.2. The van der Waals surface area contributed by atoms with Gasteiger partial charge in [0.2, 0.25) is 6.79 Å². The Labute approximate surface area is 150 Å². The topological polar surface area (TPSA) is 62.2 Å². The number of anilines is 2. The summed E-state index contributed by atoms with van der Waals surface area (Å²) in [7, 11) is 0. The zero-order valence-electron chi connectivity index (χ0n) is 14.1. The highest BCUT2D eigenvalue weighted by Gasteiger charge is 2.29. The number of benzene rings is 2. The average Bonchev–Trinajstić information content (AvgIpc) is 3.12. The summed E-state index contributed by atoms with van der Waals surface area (Å²) in [5, 5.41) is 9.17. The Bertz CT molecular complexity index is 804. The van der Waals surface area contributed by atoms with Crippen LogP contribution in [0.1, 0.15) is 12.8 Å². The van der Waals surface area contributed by atoms with Gasteiger partial charge in [0.1, 0.15) is 5.82 Å². The number of likely N-dealkylation sites (tertiary alicyclic amines) is 1. The molecule has 0 aliphatic carbocycles. The minimum Gasteiger partial charge on any atom is -0.465 e. The van der Waals surface area contributed by atoms with E-state index in [4.69, 9.17) is 9.47 Å². The van der Waals surface area contributed by atoms with Crippen LogP contribution in [0.25, 0.3) is 0 Å². The molecule has 0 spiro atoms. The molecule has 7 heteroatoms. The lowest BCUT2D eigenvalue weighted by Gasteiger charge is -2.39. The van der Waals surface area contributed by atoms with Crippen LogP contribution in [0.2, 0.25) is 0 Å². The van der Waals surface area contributed by atoms with Gasteiger partial charge in [-0.2, -0.15) is 0 Å². The Hall–Kier alpha value is -2.96. The molecule has 0 saturated carbocycles. The van der Waals surface area contributed by atoms with Gasteiger partial charge in [0, 0.05) is 36.6 Å². The number of carboxylic acid groups (broad SMARTS) is 1. The van der Waals surface area contributed by atoms with E-state index < -0.39 is 6.09 Å². The van der Waals surface area contributed by atoms with E-state index >= 15 is 0 Å². The number of rotatable bonds is 3. The lowest BCUT2D eigenvalue weighted by Crippen LogP contribution is -2.45. The van der Waals surface area contributed by atoms with Crippen LogP contribution < -0.4 is 14.4 Å². The van der Waals surface area contributed by atoms with Crippen LogP contribution in [-0.4, -0.2) is 42.0 Å². The molecule has 0 atom stereocenters. The van der Waals surface area contributed by atoms with E-state index in [2.05, 4.69) is 4.90 Å². The maximum absolute atomic E-state index is 13.4. The maximum atomic E-state index is 13.4. The van der Waals surface area contributed by atoms with Crippen LogP contribution in [0, 0.1) is 5.82 Å². The van der Waals surface area contributed by atoms with Crippen LogP contribution >= 0.6 is 0 Å². The van der Waals surface area contributed by atoms with Gasteiger partial charge in [0.15, 0.2) is 11.5 Å². The predicted molar refractivity (Wildman–Crippen MR) is 93.7 cm³/mol. The van der Waals surface area contributed by atoms with Crippen molar-refractivity contribution in [2.24, 2.45) is 0 Å². The van der Waals surface area contributed by atoms with Gasteiger partial charge in [-0.15, -0.1) is 0 Å². The van der Waals surface area contributed by atoms with Crippen molar-refractivity contribution in [3.05, 3.63) is 48.3 Å². The van der Waals surface area contributed by atoms with Crippen LogP contribution in [0.5, 0.6) is 11.5 Å². The van der Waals surface area contributed by atoms with Crippen molar-refractivity contribution in [3.63, 3.8) is 0 Å². The smallest absolute Gasteiger partial charge is 0.407 e. The molecule has 26 heavy (non-hydrogen) atoms. The van der Waals surface area contributed by atoms with Crippen molar-refractivity contribution >= 4 is 17.5 Å². The summed E-state index contributed by atoms with van der Waals surface area (Å²) in [5.74, 6) is 1.09. The highest BCUT2D eigenvalue weighted by Crippen LogP contribution is 2.39. The molecule has 2 aliphatic rings. The van der Waals surface area contributed by atoms with Crippen molar-refractivity contribution < 1.29 is 23.8 Å². The monoisotopic (exact) mass is 358 g/mol. The normalized spacial score (nSPS) is 16.6. The Kier molecular flexibility index (Phi) is 4.28. The minimum absolute atomic E-state index is 0.108. The molecule has 4 rings (SSSR count). The Balaban J connectivity index is 1.66. The molecule has 1 fully saturated rings. The van der Waals surface area contributed by atoms with Crippen LogP contribution in [0.15, 0.2) is 42.5 Å². The molecular formula is C19H19FN2O4. The van der Waals surface area contributed by atoms with Crippen molar-refractivity contribution in [3.8, 4) is 11.5 Å². The Morgan fingerprint density at radius 2 is 1.69 bits per heavy atom. The van der Waals surface area contributed by atoms with Crippen molar-refractivity contribution in [2.75, 3.05) is 24.8 Å². The second-order valence-electron chi connectivity index (χ2n) is 6.38. The van der Waals surface area contributed by atoms with Gasteiger partial charge in [-0.3, -0.25) is 0 Å². The molecular weight excluding hydrogens is 339 g/mol. The summed E-state index contributed by atoms with van der Waals surface area (Å²) >= 11 is 0. The fraction of sp³-hybridized carbons (Fsp3) is 0.316. The summed E-state index contributed by atoms with van der Waals surface area (Å²) in [6.45, 7) is 1.15. The summed E-state index contributed by atoms with van der Waals surface area (Å²) in [5.41, 5.74) is 1.77. The van der Waals surface area contributed by atoms with Crippen LogP contribution in [-0.2, 0) is 0 Å². The number of carbonyl (C=O) groups is 1. The van der Waals surface area contributed by atoms with Gasteiger partial charge >= 0.3 is 6.09 Å². The number of amides is 1. The van der Waals surface area contributed by atoms with Crippen molar-refractivity contribution in [1.82, 2.24) is 4.90 Å². The van der Waals surface area contributed by atoms with Gasteiger partial charge in [-0.25, -0.2) is 9.18 Å². The molecule has 2 aromatic carbocycles. The van der Waals surface area contributed by atoms with Crippen molar-refractivity contribution in [1.29, 1.82) is 0 Å². The predicted octanol–water partition coefficient (Wildman–Crippen LogP) is 3.83. The van der Waals surface area contributed by atoms with Crippen molar-refractivity contribution in [2.45, 2.75) is 18.9 Å². The number of hydrogen-bond donors (Lipinski definition) is 1. The molecule has 136 valence electrons. The quantitative estimate of drug-likeness (QED) is 0.903. The van der Waals surface area contributed by atoms with E-state index in [0.29, 0.717) is 37.4 Å². The summed E-state index contributed by atoms with van der Waals surface area (Å²) in [6.07, 6.45) is 0.496. The fourth-order valence-electron chi connectivity index (χ4n) is 3.52.